The topological polar surface area (TPSA) is 46.0 Å². The van der Waals surface area contributed by atoms with Gasteiger partial charge in [0.25, 0.3) is 0 Å². The van der Waals surface area contributed by atoms with E-state index >= 15 is 0 Å². The third-order valence-electron chi connectivity index (χ3n) is 3.77. The van der Waals surface area contributed by atoms with Crippen molar-refractivity contribution in [1.82, 2.24) is 25.0 Å². The molecule has 0 amide bonds. The fourth-order valence-corrected chi connectivity index (χ4v) is 3.82. The molecular weight excluding hydrogens is 258 g/mol. The van der Waals surface area contributed by atoms with Crippen LogP contribution in [0.4, 0.5) is 0 Å². The third kappa shape index (κ3) is 3.94. The Bertz CT molecular complexity index is 381. The number of hydrogen-bond donors (Lipinski definition) is 1. The van der Waals surface area contributed by atoms with E-state index < -0.39 is 0 Å². The molecule has 0 spiro atoms. The highest BCUT2D eigenvalue weighted by molar-refractivity contribution is 7.99. The van der Waals surface area contributed by atoms with Gasteiger partial charge in [-0.25, -0.2) is 4.98 Å². The number of aryl methyl sites for hydroxylation is 1. The second kappa shape index (κ2) is 7.26. The van der Waals surface area contributed by atoms with Crippen LogP contribution in [0.25, 0.3) is 0 Å². The van der Waals surface area contributed by atoms with E-state index in [1.54, 1.807) is 6.33 Å². The molecule has 5 nitrogen and oxygen atoms in total. The lowest BCUT2D eigenvalue weighted by Gasteiger charge is -2.38. The van der Waals surface area contributed by atoms with E-state index in [9.17, 15) is 0 Å². The Morgan fingerprint density at radius 2 is 2.37 bits per heavy atom. The van der Waals surface area contributed by atoms with E-state index in [-0.39, 0.29) is 0 Å². The van der Waals surface area contributed by atoms with Gasteiger partial charge < -0.3 is 10.2 Å². The molecule has 6 heteroatoms. The second-order valence-electron chi connectivity index (χ2n) is 5.19. The maximum absolute atomic E-state index is 4.37. The minimum Gasteiger partial charge on any atom is -0.312 e. The molecule has 0 radical (unpaired) electrons. The highest BCUT2D eigenvalue weighted by Crippen LogP contribution is 2.19. The van der Waals surface area contributed by atoms with Crippen molar-refractivity contribution in [3.05, 3.63) is 12.2 Å². The lowest BCUT2D eigenvalue weighted by molar-refractivity contribution is 0.211. The quantitative estimate of drug-likeness (QED) is 0.836. The van der Waals surface area contributed by atoms with Gasteiger partial charge in [-0.15, -0.1) is 0 Å². The minimum absolute atomic E-state index is 0.459. The molecule has 0 bridgehead atoms. The first kappa shape index (κ1) is 14.8. The third-order valence-corrected chi connectivity index (χ3v) is 4.82. The number of likely N-dealkylation sites (N-methyl/N-ethyl adjacent to an activating group) is 1. The maximum Gasteiger partial charge on any atom is 0.138 e. The molecule has 1 aromatic rings. The summed E-state index contributed by atoms with van der Waals surface area (Å²) >= 11 is 2.06. The van der Waals surface area contributed by atoms with Gasteiger partial charge in [-0.2, -0.15) is 16.9 Å². The summed E-state index contributed by atoms with van der Waals surface area (Å²) in [6.45, 7) is 4.46. The zero-order valence-corrected chi connectivity index (χ0v) is 13.0. The summed E-state index contributed by atoms with van der Waals surface area (Å²) in [5.41, 5.74) is 0. The number of hydrogen-bond acceptors (Lipinski definition) is 5. The fourth-order valence-electron chi connectivity index (χ4n) is 2.50. The molecule has 19 heavy (non-hydrogen) atoms. The largest absolute Gasteiger partial charge is 0.312 e. The van der Waals surface area contributed by atoms with Crippen molar-refractivity contribution < 1.29 is 0 Å². The first-order valence-electron chi connectivity index (χ1n) is 7.06. The van der Waals surface area contributed by atoms with Gasteiger partial charge in [0.1, 0.15) is 12.2 Å². The van der Waals surface area contributed by atoms with Crippen LogP contribution < -0.4 is 5.32 Å². The van der Waals surface area contributed by atoms with E-state index in [0.29, 0.717) is 12.1 Å². The summed E-state index contributed by atoms with van der Waals surface area (Å²) in [7, 11) is 4.21. The second-order valence-corrected chi connectivity index (χ2v) is 6.34. The summed E-state index contributed by atoms with van der Waals surface area (Å²) in [5.74, 6) is 3.52. The average Bonchev–Trinajstić information content (AvgIpc) is 2.81. The molecule has 2 heterocycles. The first-order chi connectivity index (χ1) is 9.22. The van der Waals surface area contributed by atoms with Crippen molar-refractivity contribution in [3.8, 4) is 0 Å². The Hall–Kier alpha value is -0.590. The van der Waals surface area contributed by atoms with E-state index in [1.807, 2.05) is 11.7 Å². The van der Waals surface area contributed by atoms with Crippen LogP contribution in [0.5, 0.6) is 0 Å². The van der Waals surface area contributed by atoms with Crippen molar-refractivity contribution in [2.45, 2.75) is 31.8 Å². The molecule has 1 aliphatic rings. The minimum atomic E-state index is 0.459. The van der Waals surface area contributed by atoms with Crippen LogP contribution >= 0.6 is 11.8 Å². The van der Waals surface area contributed by atoms with Gasteiger partial charge >= 0.3 is 0 Å². The Labute approximate surface area is 120 Å². The van der Waals surface area contributed by atoms with Crippen LogP contribution in [0, 0.1) is 0 Å². The molecular formula is C13H25N5S. The standard InChI is InChI=1S/C13H25N5S/c1-4-5-14-11(8-13-15-10-16-18(13)3)12-9-19-7-6-17(12)2/h10-12,14H,4-9H2,1-3H3. The predicted octanol–water partition coefficient (Wildman–Crippen LogP) is 0.773. The Morgan fingerprint density at radius 3 is 3.00 bits per heavy atom. The smallest absolute Gasteiger partial charge is 0.138 e. The molecule has 1 aliphatic heterocycles. The van der Waals surface area contributed by atoms with Gasteiger partial charge in [-0.1, -0.05) is 6.92 Å². The van der Waals surface area contributed by atoms with Crippen LogP contribution in [0.2, 0.25) is 0 Å². The Balaban J connectivity index is 2.04. The van der Waals surface area contributed by atoms with Gasteiger partial charge in [0.2, 0.25) is 0 Å². The summed E-state index contributed by atoms with van der Waals surface area (Å²) in [6, 6.07) is 1.04. The van der Waals surface area contributed by atoms with Crippen LogP contribution in [0.3, 0.4) is 0 Å². The number of nitrogens with one attached hydrogen (secondary N) is 1. The fraction of sp³-hybridized carbons (Fsp3) is 0.846. The summed E-state index contributed by atoms with van der Waals surface area (Å²) in [6.07, 6.45) is 3.76. The molecule has 1 N–H and O–H groups in total. The summed E-state index contributed by atoms with van der Waals surface area (Å²) in [5, 5.41) is 7.87. The van der Waals surface area contributed by atoms with Crippen LogP contribution in [0.15, 0.2) is 6.33 Å². The molecule has 0 aliphatic carbocycles. The van der Waals surface area contributed by atoms with Gasteiger partial charge in [0, 0.05) is 43.6 Å². The number of nitrogens with zero attached hydrogens (tertiary/aromatic N) is 4. The van der Waals surface area contributed by atoms with Crippen LogP contribution in [-0.2, 0) is 13.5 Å². The van der Waals surface area contributed by atoms with Crippen molar-refractivity contribution >= 4 is 11.8 Å². The SMILES string of the molecule is CCCNC(Cc1ncnn1C)C1CSCCN1C. The number of aromatic nitrogens is 3. The molecule has 0 saturated carbocycles. The van der Waals surface area contributed by atoms with Gasteiger partial charge in [-0.3, -0.25) is 4.68 Å². The van der Waals surface area contributed by atoms with Gasteiger partial charge in [-0.05, 0) is 20.0 Å². The molecule has 108 valence electrons. The highest BCUT2D eigenvalue weighted by atomic mass is 32.2. The number of rotatable bonds is 6. The molecule has 1 fully saturated rings. The zero-order chi connectivity index (χ0) is 13.7. The monoisotopic (exact) mass is 283 g/mol. The maximum atomic E-state index is 4.37. The van der Waals surface area contributed by atoms with Gasteiger partial charge in [0.05, 0.1) is 0 Å². The van der Waals surface area contributed by atoms with Crippen LogP contribution in [-0.4, -0.2) is 63.4 Å². The van der Waals surface area contributed by atoms with Crippen molar-refractivity contribution in [2.24, 2.45) is 7.05 Å². The lowest BCUT2D eigenvalue weighted by Crippen LogP contribution is -2.54. The molecule has 1 aromatic heterocycles. The zero-order valence-electron chi connectivity index (χ0n) is 12.2. The van der Waals surface area contributed by atoms with Crippen molar-refractivity contribution in [2.75, 3.05) is 31.6 Å². The van der Waals surface area contributed by atoms with Crippen molar-refractivity contribution in [1.29, 1.82) is 0 Å². The normalized spacial score (nSPS) is 22.6. The average molecular weight is 283 g/mol. The molecule has 2 rings (SSSR count). The molecule has 2 atom stereocenters. The van der Waals surface area contributed by atoms with E-state index in [0.717, 1.165) is 18.8 Å². The summed E-state index contributed by atoms with van der Waals surface area (Å²) in [4.78, 5) is 6.86. The Morgan fingerprint density at radius 1 is 1.53 bits per heavy atom. The van der Waals surface area contributed by atoms with Gasteiger partial charge in [0.15, 0.2) is 0 Å². The van der Waals surface area contributed by atoms with E-state index in [4.69, 9.17) is 0 Å². The predicted molar refractivity (Wildman–Crippen MR) is 80.5 cm³/mol. The van der Waals surface area contributed by atoms with E-state index in [2.05, 4.69) is 46.0 Å². The first-order valence-corrected chi connectivity index (χ1v) is 8.22. The highest BCUT2D eigenvalue weighted by Gasteiger charge is 2.28. The van der Waals surface area contributed by atoms with Crippen molar-refractivity contribution in [3.63, 3.8) is 0 Å². The lowest BCUT2D eigenvalue weighted by atomic mass is 10.0. The Kier molecular flexibility index (Phi) is 5.66. The number of thioether (sulfide) groups is 1. The van der Waals surface area contributed by atoms with Crippen LogP contribution in [0.1, 0.15) is 19.2 Å². The molecule has 1 saturated heterocycles. The summed E-state index contributed by atoms with van der Waals surface area (Å²) < 4.78 is 1.89. The molecule has 0 aromatic carbocycles. The van der Waals surface area contributed by atoms with E-state index in [1.165, 1.54) is 24.5 Å². The molecule has 2 unspecified atom stereocenters.